The quantitative estimate of drug-likeness (QED) is 0.911. The van der Waals surface area contributed by atoms with E-state index in [1.807, 2.05) is 36.1 Å². The third-order valence-electron chi connectivity index (χ3n) is 4.34. The van der Waals surface area contributed by atoms with Gasteiger partial charge in [0.25, 0.3) is 5.91 Å². The van der Waals surface area contributed by atoms with Gasteiger partial charge in [-0.3, -0.25) is 4.79 Å². The molecule has 0 bridgehead atoms. The van der Waals surface area contributed by atoms with Gasteiger partial charge in [0.1, 0.15) is 0 Å². The van der Waals surface area contributed by atoms with Crippen LogP contribution in [0, 0.1) is 12.8 Å². The van der Waals surface area contributed by atoms with Crippen LogP contribution in [0.3, 0.4) is 0 Å². The van der Waals surface area contributed by atoms with Gasteiger partial charge in [-0.2, -0.15) is 0 Å². The van der Waals surface area contributed by atoms with E-state index in [1.54, 1.807) is 0 Å². The second-order valence-electron chi connectivity index (χ2n) is 5.79. The first-order chi connectivity index (χ1) is 10.6. The van der Waals surface area contributed by atoms with E-state index in [-0.39, 0.29) is 17.7 Å². The number of hydrogen-bond donors (Lipinski definition) is 1. The summed E-state index contributed by atoms with van der Waals surface area (Å²) in [6.07, 6.45) is 0. The van der Waals surface area contributed by atoms with Gasteiger partial charge < -0.3 is 15.1 Å². The summed E-state index contributed by atoms with van der Waals surface area (Å²) in [6.45, 7) is 3.81. The van der Waals surface area contributed by atoms with Crippen LogP contribution in [0.1, 0.15) is 27.6 Å². The standard InChI is InChI=1S/C17H19BrN2O2/c1-11-7-15(18)22-16(11)17(21)20-9-13(8-19)14(10-20)12-5-3-2-4-6-12/h2-7,13-14H,8-10,19H2,1H3/t13-,14+/m1/s1. The van der Waals surface area contributed by atoms with Gasteiger partial charge in [0.2, 0.25) is 0 Å². The molecule has 0 aliphatic carbocycles. The van der Waals surface area contributed by atoms with Crippen LogP contribution in [0.2, 0.25) is 0 Å². The van der Waals surface area contributed by atoms with Gasteiger partial charge in [-0.05, 0) is 46.9 Å². The van der Waals surface area contributed by atoms with Gasteiger partial charge in [-0.1, -0.05) is 30.3 Å². The highest BCUT2D eigenvalue weighted by Crippen LogP contribution is 2.33. The second kappa shape index (κ2) is 6.26. The molecule has 0 radical (unpaired) electrons. The van der Waals surface area contributed by atoms with Crippen molar-refractivity contribution in [2.45, 2.75) is 12.8 Å². The highest BCUT2D eigenvalue weighted by Gasteiger charge is 2.36. The zero-order valence-corrected chi connectivity index (χ0v) is 14.0. The van der Waals surface area contributed by atoms with Crippen molar-refractivity contribution in [2.24, 2.45) is 11.7 Å². The molecule has 0 unspecified atom stereocenters. The number of nitrogens with zero attached hydrogens (tertiary/aromatic N) is 1. The Labute approximate surface area is 138 Å². The van der Waals surface area contributed by atoms with Crippen LogP contribution in [0.5, 0.6) is 0 Å². The summed E-state index contributed by atoms with van der Waals surface area (Å²) in [6, 6.07) is 12.1. The van der Waals surface area contributed by atoms with Gasteiger partial charge >= 0.3 is 0 Å². The third-order valence-corrected chi connectivity index (χ3v) is 4.73. The fraction of sp³-hybridized carbons (Fsp3) is 0.353. The predicted molar refractivity (Wildman–Crippen MR) is 88.8 cm³/mol. The van der Waals surface area contributed by atoms with Crippen molar-refractivity contribution in [3.8, 4) is 0 Å². The first-order valence-electron chi connectivity index (χ1n) is 7.40. The summed E-state index contributed by atoms with van der Waals surface area (Å²) in [5.41, 5.74) is 8.02. The van der Waals surface area contributed by atoms with E-state index in [0.717, 1.165) is 5.56 Å². The molecule has 1 aromatic heterocycles. The average Bonchev–Trinajstić information content (AvgIpc) is 3.10. The number of rotatable bonds is 3. The maximum absolute atomic E-state index is 12.7. The second-order valence-corrected chi connectivity index (χ2v) is 6.57. The van der Waals surface area contributed by atoms with E-state index in [9.17, 15) is 4.79 Å². The monoisotopic (exact) mass is 362 g/mol. The Hall–Kier alpha value is -1.59. The molecule has 5 heteroatoms. The number of halogens is 1. The predicted octanol–water partition coefficient (Wildman–Crippen LogP) is 3.17. The van der Waals surface area contributed by atoms with E-state index in [2.05, 4.69) is 28.1 Å². The summed E-state index contributed by atoms with van der Waals surface area (Å²) >= 11 is 3.28. The number of nitrogens with two attached hydrogens (primary N) is 1. The minimum Gasteiger partial charge on any atom is -0.444 e. The summed E-state index contributed by atoms with van der Waals surface area (Å²) in [5.74, 6) is 0.926. The Morgan fingerprint density at radius 2 is 2.09 bits per heavy atom. The SMILES string of the molecule is Cc1cc(Br)oc1C(=O)N1C[C@@H](CN)[C@H](c2ccccc2)C1. The molecule has 3 rings (SSSR count). The first kappa shape index (κ1) is 15.3. The molecule has 2 atom stereocenters. The molecular weight excluding hydrogens is 344 g/mol. The number of carbonyl (C=O) groups excluding carboxylic acids is 1. The van der Waals surface area contributed by atoms with Crippen LogP contribution in [0.4, 0.5) is 0 Å². The van der Waals surface area contributed by atoms with Crippen LogP contribution < -0.4 is 5.73 Å². The van der Waals surface area contributed by atoms with Crippen molar-refractivity contribution < 1.29 is 9.21 Å². The molecule has 1 aliphatic rings. The number of aryl methyl sites for hydroxylation is 1. The van der Waals surface area contributed by atoms with Crippen LogP contribution >= 0.6 is 15.9 Å². The lowest BCUT2D eigenvalue weighted by molar-refractivity contribution is 0.0752. The molecule has 22 heavy (non-hydrogen) atoms. The summed E-state index contributed by atoms with van der Waals surface area (Å²) < 4.78 is 6.08. The lowest BCUT2D eigenvalue weighted by Gasteiger charge is -2.16. The molecule has 116 valence electrons. The van der Waals surface area contributed by atoms with Gasteiger partial charge in [0.05, 0.1) is 0 Å². The molecule has 1 amide bonds. The number of amides is 1. The Morgan fingerprint density at radius 1 is 1.36 bits per heavy atom. The molecular formula is C17H19BrN2O2. The Bertz CT molecular complexity index is 669. The van der Waals surface area contributed by atoms with Crippen LogP contribution in [-0.4, -0.2) is 30.4 Å². The maximum atomic E-state index is 12.7. The van der Waals surface area contributed by atoms with Crippen LogP contribution in [0.15, 0.2) is 45.5 Å². The number of hydrogen-bond acceptors (Lipinski definition) is 3. The average molecular weight is 363 g/mol. The molecule has 1 saturated heterocycles. The fourth-order valence-corrected chi connectivity index (χ4v) is 3.66. The molecule has 4 nitrogen and oxygen atoms in total. The number of carbonyl (C=O) groups is 1. The van der Waals surface area contributed by atoms with Gasteiger partial charge in [0, 0.05) is 24.6 Å². The highest BCUT2D eigenvalue weighted by molar-refractivity contribution is 9.10. The summed E-state index contributed by atoms with van der Waals surface area (Å²) in [4.78, 5) is 14.5. The van der Waals surface area contributed by atoms with Crippen molar-refractivity contribution in [1.82, 2.24) is 4.90 Å². The number of furan rings is 1. The molecule has 2 N–H and O–H groups in total. The summed E-state index contributed by atoms with van der Waals surface area (Å²) in [7, 11) is 0. The Kier molecular flexibility index (Phi) is 4.36. The minimum absolute atomic E-state index is 0.0555. The Balaban J connectivity index is 1.82. The van der Waals surface area contributed by atoms with Crippen molar-refractivity contribution in [3.63, 3.8) is 0 Å². The largest absolute Gasteiger partial charge is 0.444 e. The highest BCUT2D eigenvalue weighted by atomic mass is 79.9. The van der Waals surface area contributed by atoms with Crippen molar-refractivity contribution in [1.29, 1.82) is 0 Å². The van der Waals surface area contributed by atoms with Gasteiger partial charge in [0.15, 0.2) is 10.4 Å². The minimum atomic E-state index is -0.0555. The van der Waals surface area contributed by atoms with Gasteiger partial charge in [-0.25, -0.2) is 0 Å². The first-order valence-corrected chi connectivity index (χ1v) is 8.19. The third kappa shape index (κ3) is 2.83. The van der Waals surface area contributed by atoms with Crippen molar-refractivity contribution >= 4 is 21.8 Å². The normalized spacial score (nSPS) is 21.3. The van der Waals surface area contributed by atoms with E-state index in [1.165, 1.54) is 5.56 Å². The van der Waals surface area contributed by atoms with E-state index in [0.29, 0.717) is 30.1 Å². The number of likely N-dealkylation sites (tertiary alicyclic amines) is 1. The Morgan fingerprint density at radius 3 is 2.68 bits per heavy atom. The topological polar surface area (TPSA) is 59.5 Å². The maximum Gasteiger partial charge on any atom is 0.289 e. The van der Waals surface area contributed by atoms with E-state index >= 15 is 0 Å². The van der Waals surface area contributed by atoms with Crippen molar-refractivity contribution in [3.05, 3.63) is 58.0 Å². The molecule has 1 aliphatic heterocycles. The van der Waals surface area contributed by atoms with Gasteiger partial charge in [-0.15, -0.1) is 0 Å². The molecule has 0 saturated carbocycles. The molecule has 2 heterocycles. The van der Waals surface area contributed by atoms with E-state index in [4.69, 9.17) is 10.2 Å². The lowest BCUT2D eigenvalue weighted by Crippen LogP contribution is -2.30. The summed E-state index contributed by atoms with van der Waals surface area (Å²) in [5, 5.41) is 0. The molecule has 1 aromatic carbocycles. The smallest absolute Gasteiger partial charge is 0.289 e. The zero-order chi connectivity index (χ0) is 15.7. The zero-order valence-electron chi connectivity index (χ0n) is 12.5. The lowest BCUT2D eigenvalue weighted by atomic mass is 9.89. The number of benzene rings is 1. The molecule has 2 aromatic rings. The van der Waals surface area contributed by atoms with E-state index < -0.39 is 0 Å². The van der Waals surface area contributed by atoms with Crippen LogP contribution in [-0.2, 0) is 0 Å². The van der Waals surface area contributed by atoms with Crippen molar-refractivity contribution in [2.75, 3.05) is 19.6 Å². The fourth-order valence-electron chi connectivity index (χ4n) is 3.15. The molecule has 0 spiro atoms. The molecule has 1 fully saturated rings. The van der Waals surface area contributed by atoms with Crippen LogP contribution in [0.25, 0.3) is 0 Å².